The summed E-state index contributed by atoms with van der Waals surface area (Å²) >= 11 is 5.87. The van der Waals surface area contributed by atoms with Crippen LogP contribution in [0.15, 0.2) is 28.7 Å². The van der Waals surface area contributed by atoms with Gasteiger partial charge in [-0.1, -0.05) is 11.6 Å². The van der Waals surface area contributed by atoms with Crippen LogP contribution in [0.25, 0.3) is 0 Å². The lowest BCUT2D eigenvalue weighted by Crippen LogP contribution is -2.28. The predicted octanol–water partition coefficient (Wildman–Crippen LogP) is 2.52. The summed E-state index contributed by atoms with van der Waals surface area (Å²) in [4.78, 5) is 2.38. The van der Waals surface area contributed by atoms with Gasteiger partial charge in [0.1, 0.15) is 12.4 Å². The highest BCUT2D eigenvalue weighted by Gasteiger charge is 2.46. The van der Waals surface area contributed by atoms with Crippen molar-refractivity contribution in [3.63, 3.8) is 0 Å². The van der Waals surface area contributed by atoms with Crippen molar-refractivity contribution in [3.05, 3.63) is 41.1 Å². The molecule has 0 bridgehead atoms. The van der Waals surface area contributed by atoms with E-state index < -0.39 is 0 Å². The van der Waals surface area contributed by atoms with Crippen LogP contribution in [0.1, 0.15) is 17.7 Å². The lowest BCUT2D eigenvalue weighted by Gasteiger charge is -2.18. The van der Waals surface area contributed by atoms with Crippen LogP contribution in [0.3, 0.4) is 0 Å². The first-order valence-corrected chi connectivity index (χ1v) is 8.59. The van der Waals surface area contributed by atoms with Gasteiger partial charge < -0.3 is 13.9 Å². The monoisotopic (exact) mass is 349 g/mol. The molecule has 0 amide bonds. The molecule has 0 spiro atoms. The first-order chi connectivity index (χ1) is 11.7. The summed E-state index contributed by atoms with van der Waals surface area (Å²) in [5.41, 5.74) is 0. The van der Waals surface area contributed by atoms with Crippen LogP contribution >= 0.6 is 11.6 Å². The van der Waals surface area contributed by atoms with E-state index >= 15 is 0 Å². The summed E-state index contributed by atoms with van der Waals surface area (Å²) in [5.74, 6) is 2.78. The lowest BCUT2D eigenvalue weighted by molar-refractivity contribution is 0.0945. The van der Waals surface area contributed by atoms with E-state index in [1.54, 1.807) is 0 Å². The highest BCUT2D eigenvalue weighted by atomic mass is 35.5. The van der Waals surface area contributed by atoms with Crippen LogP contribution in [0, 0.1) is 12.8 Å². The van der Waals surface area contributed by atoms with Gasteiger partial charge in [-0.05, 0) is 24.3 Å². The van der Waals surface area contributed by atoms with Gasteiger partial charge in [-0.25, -0.2) is 0 Å². The Kier molecular flexibility index (Phi) is 4.43. The minimum absolute atomic E-state index is 0.207. The zero-order chi connectivity index (χ0) is 16.5. The SMILES string of the molecule is Cc1nnc([C@@H]2CO[C@H]3CN(CCOc4ccc(Cl)cc4)C[C@H]32)o1. The van der Waals surface area contributed by atoms with Gasteiger partial charge in [0.05, 0.1) is 18.6 Å². The van der Waals surface area contributed by atoms with Gasteiger partial charge in [0, 0.05) is 37.5 Å². The van der Waals surface area contributed by atoms with E-state index in [-0.39, 0.29) is 12.0 Å². The second-order valence-electron chi connectivity index (χ2n) is 6.36. The Bertz CT molecular complexity index is 691. The number of aromatic nitrogens is 2. The number of nitrogens with zero attached hydrogens (tertiary/aromatic N) is 3. The molecule has 2 aliphatic rings. The second kappa shape index (κ2) is 6.70. The minimum Gasteiger partial charge on any atom is -0.492 e. The number of hydrogen-bond donors (Lipinski definition) is 0. The Morgan fingerprint density at radius 3 is 2.83 bits per heavy atom. The number of rotatable bonds is 5. The van der Waals surface area contributed by atoms with E-state index in [0.717, 1.165) is 25.4 Å². The highest BCUT2D eigenvalue weighted by Crippen LogP contribution is 2.39. The van der Waals surface area contributed by atoms with Gasteiger partial charge in [0.2, 0.25) is 11.8 Å². The smallest absolute Gasteiger partial charge is 0.222 e. The molecule has 0 saturated carbocycles. The molecule has 2 saturated heterocycles. The summed E-state index contributed by atoms with van der Waals surface area (Å²) in [5, 5.41) is 8.83. The van der Waals surface area contributed by atoms with Crippen LogP contribution in [-0.4, -0.2) is 54.0 Å². The maximum atomic E-state index is 5.94. The Morgan fingerprint density at radius 2 is 2.08 bits per heavy atom. The minimum atomic E-state index is 0.207. The van der Waals surface area contributed by atoms with Crippen LogP contribution in [0.5, 0.6) is 5.75 Å². The molecule has 128 valence electrons. The third-order valence-electron chi connectivity index (χ3n) is 4.74. The third kappa shape index (κ3) is 3.27. The third-order valence-corrected chi connectivity index (χ3v) is 4.99. The molecular formula is C17H20ClN3O3. The Hall–Kier alpha value is -1.63. The number of aryl methyl sites for hydroxylation is 1. The molecule has 1 aromatic carbocycles. The zero-order valence-corrected chi connectivity index (χ0v) is 14.3. The molecular weight excluding hydrogens is 330 g/mol. The molecule has 3 heterocycles. The number of hydrogen-bond acceptors (Lipinski definition) is 6. The van der Waals surface area contributed by atoms with Crippen molar-refractivity contribution >= 4 is 11.6 Å². The molecule has 0 unspecified atom stereocenters. The van der Waals surface area contributed by atoms with E-state index in [0.29, 0.717) is 35.9 Å². The van der Waals surface area contributed by atoms with Gasteiger partial charge in [-0.2, -0.15) is 0 Å². The molecule has 6 nitrogen and oxygen atoms in total. The predicted molar refractivity (Wildman–Crippen MR) is 88.4 cm³/mol. The topological polar surface area (TPSA) is 60.6 Å². The van der Waals surface area contributed by atoms with E-state index in [4.69, 9.17) is 25.5 Å². The van der Waals surface area contributed by atoms with E-state index in [1.165, 1.54) is 0 Å². The Balaban J connectivity index is 1.29. The molecule has 24 heavy (non-hydrogen) atoms. The number of ether oxygens (including phenoxy) is 2. The molecule has 1 aromatic heterocycles. The Labute approximate surface area is 145 Å². The van der Waals surface area contributed by atoms with Gasteiger partial charge >= 0.3 is 0 Å². The quantitative estimate of drug-likeness (QED) is 0.826. The molecule has 2 aromatic rings. The van der Waals surface area contributed by atoms with Crippen molar-refractivity contribution in [1.29, 1.82) is 0 Å². The van der Waals surface area contributed by atoms with Crippen molar-refractivity contribution in [1.82, 2.24) is 15.1 Å². The average Bonchev–Trinajstić information content (AvgIpc) is 3.25. The van der Waals surface area contributed by atoms with Crippen molar-refractivity contribution < 1.29 is 13.9 Å². The highest BCUT2D eigenvalue weighted by molar-refractivity contribution is 6.30. The first kappa shape index (κ1) is 15.9. The molecule has 2 aliphatic heterocycles. The summed E-state index contributed by atoms with van der Waals surface area (Å²) in [6.07, 6.45) is 0.248. The fourth-order valence-corrected chi connectivity index (χ4v) is 3.64. The summed E-state index contributed by atoms with van der Waals surface area (Å²) < 4.78 is 17.3. The van der Waals surface area contributed by atoms with Gasteiger partial charge in [0.15, 0.2) is 0 Å². The van der Waals surface area contributed by atoms with Crippen LogP contribution in [0.4, 0.5) is 0 Å². The van der Waals surface area contributed by atoms with Crippen molar-refractivity contribution in [2.75, 3.05) is 32.8 Å². The number of benzene rings is 1. The maximum Gasteiger partial charge on any atom is 0.222 e. The van der Waals surface area contributed by atoms with Crippen molar-refractivity contribution in [2.45, 2.75) is 18.9 Å². The van der Waals surface area contributed by atoms with Crippen molar-refractivity contribution in [2.24, 2.45) is 5.92 Å². The van der Waals surface area contributed by atoms with Crippen LogP contribution < -0.4 is 4.74 Å². The Morgan fingerprint density at radius 1 is 1.25 bits per heavy atom. The van der Waals surface area contributed by atoms with Crippen molar-refractivity contribution in [3.8, 4) is 5.75 Å². The molecule has 0 N–H and O–H groups in total. The molecule has 7 heteroatoms. The standard InChI is InChI=1S/C17H20ClN3O3/c1-11-19-20-17(24-11)15-10-23-16-9-21(8-14(15)16)6-7-22-13-4-2-12(18)3-5-13/h2-5,14-16H,6-10H2,1H3/t14-,15+,16-/m0/s1. The average molecular weight is 350 g/mol. The fourth-order valence-electron chi connectivity index (χ4n) is 3.52. The molecule has 2 fully saturated rings. The number of fused-ring (bicyclic) bond motifs is 1. The fraction of sp³-hybridized carbons (Fsp3) is 0.529. The van der Waals surface area contributed by atoms with E-state index in [9.17, 15) is 0 Å². The largest absolute Gasteiger partial charge is 0.492 e. The summed E-state index contributed by atoms with van der Waals surface area (Å²) in [6, 6.07) is 7.44. The van der Waals surface area contributed by atoms with Gasteiger partial charge in [0.25, 0.3) is 0 Å². The van der Waals surface area contributed by atoms with Gasteiger partial charge in [-0.3, -0.25) is 4.90 Å². The number of likely N-dealkylation sites (tertiary alicyclic amines) is 1. The normalized spacial score (nSPS) is 26.7. The maximum absolute atomic E-state index is 5.94. The van der Waals surface area contributed by atoms with E-state index in [2.05, 4.69) is 15.1 Å². The van der Waals surface area contributed by atoms with E-state index in [1.807, 2.05) is 31.2 Å². The summed E-state index contributed by atoms with van der Waals surface area (Å²) in [7, 11) is 0. The molecule has 4 rings (SSSR count). The lowest BCUT2D eigenvalue weighted by atomic mass is 9.93. The second-order valence-corrected chi connectivity index (χ2v) is 6.80. The van der Waals surface area contributed by atoms with Gasteiger partial charge in [-0.15, -0.1) is 10.2 Å². The van der Waals surface area contributed by atoms with Crippen LogP contribution in [-0.2, 0) is 4.74 Å². The molecule has 0 aliphatic carbocycles. The summed E-state index contributed by atoms with van der Waals surface area (Å²) in [6.45, 7) is 5.91. The first-order valence-electron chi connectivity index (χ1n) is 8.21. The molecule has 0 radical (unpaired) electrons. The van der Waals surface area contributed by atoms with Crippen LogP contribution in [0.2, 0.25) is 5.02 Å². The zero-order valence-electron chi connectivity index (χ0n) is 13.5. The number of halogens is 1. The molecule has 3 atom stereocenters.